The molecule has 0 saturated carbocycles. The molecule has 1 aromatic carbocycles. The van der Waals surface area contributed by atoms with Crippen molar-refractivity contribution in [1.82, 2.24) is 4.72 Å². The van der Waals surface area contributed by atoms with E-state index in [4.69, 9.17) is 15.9 Å². The van der Waals surface area contributed by atoms with Gasteiger partial charge >= 0.3 is 0 Å². The highest BCUT2D eigenvalue weighted by molar-refractivity contribution is 7.89. The Morgan fingerprint density at radius 2 is 1.89 bits per heavy atom. The summed E-state index contributed by atoms with van der Waals surface area (Å²) in [5, 5.41) is 18.2. The first-order valence-corrected chi connectivity index (χ1v) is 6.95. The fourth-order valence-corrected chi connectivity index (χ4v) is 3.13. The quantitative estimate of drug-likeness (QED) is 0.558. The zero-order valence-electron chi connectivity index (χ0n) is 10.6. The zero-order valence-corrected chi connectivity index (χ0v) is 11.5. The Balaban J connectivity index is 3.29. The minimum absolute atomic E-state index is 0.0295. The third-order valence-electron chi connectivity index (χ3n) is 2.69. The van der Waals surface area contributed by atoms with Crippen LogP contribution in [0.3, 0.4) is 0 Å². The molecule has 1 rings (SSSR count). The van der Waals surface area contributed by atoms with E-state index < -0.39 is 34.6 Å². The molecule has 0 aliphatic carbocycles. The number of nitrogens with two attached hydrogens (primary N) is 1. The Bertz CT molecular complexity index is 570. The number of rotatable bonds is 5. The van der Waals surface area contributed by atoms with Crippen molar-refractivity contribution in [3.63, 3.8) is 0 Å². The second-order valence-electron chi connectivity index (χ2n) is 4.61. The van der Waals surface area contributed by atoms with Crippen molar-refractivity contribution in [2.75, 3.05) is 18.9 Å². The molecule has 0 aliphatic heterocycles. The van der Waals surface area contributed by atoms with Crippen LogP contribution in [0.25, 0.3) is 0 Å². The summed E-state index contributed by atoms with van der Waals surface area (Å²) in [5.41, 5.74) is 3.87. The van der Waals surface area contributed by atoms with Gasteiger partial charge in [-0.1, -0.05) is 0 Å². The lowest BCUT2D eigenvalue weighted by molar-refractivity contribution is 0.121. The smallest absolute Gasteiger partial charge is 0.241 e. The van der Waals surface area contributed by atoms with Crippen LogP contribution < -0.4 is 10.5 Å². The summed E-state index contributed by atoms with van der Waals surface area (Å²) in [6.07, 6.45) is 0. The standard InChI is InChI=1S/C11H17FN2O4S/c1-7-9(12)3-8(13)4-10(7)19(17,18)14-11(2,5-15)6-16/h3-4,14-16H,5-6,13H2,1-2H3. The minimum atomic E-state index is -4.11. The van der Waals surface area contributed by atoms with Gasteiger partial charge in [-0.3, -0.25) is 0 Å². The SMILES string of the molecule is Cc1c(F)cc(N)cc1S(=O)(=O)NC(C)(CO)CO. The molecule has 108 valence electrons. The molecule has 5 N–H and O–H groups in total. The van der Waals surface area contributed by atoms with Gasteiger partial charge in [-0.25, -0.2) is 17.5 Å². The molecule has 0 spiro atoms. The van der Waals surface area contributed by atoms with Gasteiger partial charge in [0.05, 0.1) is 23.6 Å². The van der Waals surface area contributed by atoms with E-state index in [0.29, 0.717) is 0 Å². The second-order valence-corrected chi connectivity index (χ2v) is 6.26. The van der Waals surface area contributed by atoms with E-state index in [9.17, 15) is 12.8 Å². The molecule has 0 unspecified atom stereocenters. The predicted octanol–water partition coefficient (Wildman–Crippen LogP) is -0.262. The average Bonchev–Trinajstić information content (AvgIpc) is 2.32. The summed E-state index contributed by atoms with van der Waals surface area (Å²) in [5.74, 6) is -0.741. The first kappa shape index (κ1) is 15.8. The van der Waals surface area contributed by atoms with Crippen LogP contribution in [-0.4, -0.2) is 37.4 Å². The summed E-state index contributed by atoms with van der Waals surface area (Å²) in [6.45, 7) is 1.42. The molecule has 0 saturated heterocycles. The lowest BCUT2D eigenvalue weighted by Crippen LogP contribution is -2.51. The molecule has 6 nitrogen and oxygen atoms in total. The van der Waals surface area contributed by atoms with E-state index in [0.717, 1.165) is 12.1 Å². The van der Waals surface area contributed by atoms with Crippen LogP contribution in [0.4, 0.5) is 10.1 Å². The van der Waals surface area contributed by atoms with E-state index in [1.54, 1.807) is 0 Å². The van der Waals surface area contributed by atoms with Gasteiger partial charge in [-0.15, -0.1) is 0 Å². The van der Waals surface area contributed by atoms with E-state index in [-0.39, 0.29) is 16.1 Å². The highest BCUT2D eigenvalue weighted by Crippen LogP contribution is 2.23. The Morgan fingerprint density at radius 3 is 2.37 bits per heavy atom. The third-order valence-corrected chi connectivity index (χ3v) is 4.45. The summed E-state index contributed by atoms with van der Waals surface area (Å²) >= 11 is 0. The molecule has 1 aromatic rings. The van der Waals surface area contributed by atoms with Crippen LogP contribution in [0.15, 0.2) is 17.0 Å². The van der Waals surface area contributed by atoms with Crippen LogP contribution >= 0.6 is 0 Å². The predicted molar refractivity (Wildman–Crippen MR) is 68.4 cm³/mol. The molecule has 0 amide bonds. The monoisotopic (exact) mass is 292 g/mol. The van der Waals surface area contributed by atoms with Crippen LogP contribution in [0, 0.1) is 12.7 Å². The van der Waals surface area contributed by atoms with Crippen LogP contribution in [0.1, 0.15) is 12.5 Å². The fourth-order valence-electron chi connectivity index (χ4n) is 1.45. The Morgan fingerprint density at radius 1 is 1.37 bits per heavy atom. The van der Waals surface area contributed by atoms with Crippen LogP contribution in [0.2, 0.25) is 0 Å². The summed E-state index contributed by atoms with van der Waals surface area (Å²) in [7, 11) is -4.11. The summed E-state index contributed by atoms with van der Waals surface area (Å²) in [4.78, 5) is -0.321. The molecule has 0 radical (unpaired) electrons. The highest BCUT2D eigenvalue weighted by atomic mass is 32.2. The first-order chi connectivity index (χ1) is 8.65. The molecule has 0 aliphatic rings. The Kier molecular flexibility index (Phi) is 4.51. The van der Waals surface area contributed by atoms with Crippen molar-refractivity contribution in [2.24, 2.45) is 0 Å². The summed E-state index contributed by atoms with van der Waals surface area (Å²) in [6, 6.07) is 2.14. The number of anilines is 1. The largest absolute Gasteiger partial charge is 0.399 e. The number of nitrogens with one attached hydrogen (secondary N) is 1. The van der Waals surface area contributed by atoms with E-state index in [2.05, 4.69) is 4.72 Å². The fraction of sp³-hybridized carbons (Fsp3) is 0.455. The van der Waals surface area contributed by atoms with Crippen molar-refractivity contribution in [2.45, 2.75) is 24.3 Å². The van der Waals surface area contributed by atoms with Gasteiger partial charge in [0.15, 0.2) is 0 Å². The normalized spacial score (nSPS) is 12.7. The highest BCUT2D eigenvalue weighted by Gasteiger charge is 2.31. The number of halogens is 1. The number of hydrogen-bond donors (Lipinski definition) is 4. The van der Waals surface area contributed by atoms with Crippen molar-refractivity contribution < 1.29 is 23.0 Å². The topological polar surface area (TPSA) is 113 Å². The molecule has 0 atom stereocenters. The van der Waals surface area contributed by atoms with Gasteiger partial charge in [0.1, 0.15) is 5.82 Å². The number of benzene rings is 1. The van der Waals surface area contributed by atoms with E-state index in [1.807, 2.05) is 0 Å². The lowest BCUT2D eigenvalue weighted by atomic mass is 10.1. The van der Waals surface area contributed by atoms with Crippen LogP contribution in [0.5, 0.6) is 0 Å². The molecular weight excluding hydrogens is 275 g/mol. The molecule has 0 heterocycles. The average molecular weight is 292 g/mol. The van der Waals surface area contributed by atoms with Gasteiger partial charge in [0, 0.05) is 11.3 Å². The molecule has 0 aromatic heterocycles. The third kappa shape index (κ3) is 3.41. The molecule has 0 fully saturated rings. The van der Waals surface area contributed by atoms with Gasteiger partial charge in [-0.05, 0) is 26.0 Å². The number of aliphatic hydroxyl groups is 2. The van der Waals surface area contributed by atoms with E-state index >= 15 is 0 Å². The Hall–Kier alpha value is -1.22. The van der Waals surface area contributed by atoms with Gasteiger partial charge in [-0.2, -0.15) is 0 Å². The Labute approximate surface area is 111 Å². The van der Waals surface area contributed by atoms with E-state index in [1.165, 1.54) is 13.8 Å². The zero-order chi connectivity index (χ0) is 14.8. The van der Waals surface area contributed by atoms with Gasteiger partial charge < -0.3 is 15.9 Å². The van der Waals surface area contributed by atoms with Crippen molar-refractivity contribution >= 4 is 15.7 Å². The van der Waals surface area contributed by atoms with Gasteiger partial charge in [0.2, 0.25) is 10.0 Å². The van der Waals surface area contributed by atoms with Crippen LogP contribution in [-0.2, 0) is 10.0 Å². The molecule has 19 heavy (non-hydrogen) atoms. The number of hydrogen-bond acceptors (Lipinski definition) is 5. The maximum Gasteiger partial charge on any atom is 0.241 e. The molecule has 0 bridgehead atoms. The lowest BCUT2D eigenvalue weighted by Gasteiger charge is -2.26. The molecular formula is C11H17FN2O4S. The second kappa shape index (κ2) is 5.41. The van der Waals surface area contributed by atoms with Gasteiger partial charge in [0.25, 0.3) is 0 Å². The number of nitrogen functional groups attached to an aromatic ring is 1. The number of aliphatic hydroxyl groups excluding tert-OH is 2. The maximum atomic E-state index is 13.5. The van der Waals surface area contributed by atoms with Crippen molar-refractivity contribution in [3.05, 3.63) is 23.5 Å². The summed E-state index contributed by atoms with van der Waals surface area (Å²) < 4.78 is 39.9. The number of sulfonamides is 1. The first-order valence-electron chi connectivity index (χ1n) is 5.46. The van der Waals surface area contributed by atoms with Crippen molar-refractivity contribution in [1.29, 1.82) is 0 Å². The molecule has 8 heteroatoms. The maximum absolute atomic E-state index is 13.5. The van der Waals surface area contributed by atoms with Crippen molar-refractivity contribution in [3.8, 4) is 0 Å². The minimum Gasteiger partial charge on any atom is -0.399 e.